The number of carboxylic acid groups (broad SMARTS) is 1. The normalized spacial score (nSPS) is 12.8. The Labute approximate surface area is 201 Å². The van der Waals surface area contributed by atoms with Gasteiger partial charge < -0.3 is 14.4 Å². The molecule has 2 N–H and O–H groups in total. The van der Waals surface area contributed by atoms with Gasteiger partial charge >= 0.3 is 12.1 Å². The van der Waals surface area contributed by atoms with Crippen LogP contribution in [0, 0.1) is 0 Å². The monoisotopic (exact) mass is 491 g/mol. The Morgan fingerprint density at radius 2 is 1.94 bits per heavy atom. The van der Waals surface area contributed by atoms with Crippen molar-refractivity contribution in [2.24, 2.45) is 0 Å². The number of hydrogen-bond acceptors (Lipinski definition) is 5. The van der Waals surface area contributed by atoms with Crippen LogP contribution in [0.25, 0.3) is 0 Å². The van der Waals surface area contributed by atoms with Crippen molar-refractivity contribution in [1.29, 1.82) is 0 Å². The maximum Gasteiger partial charge on any atom is 0.416 e. The lowest BCUT2D eigenvalue weighted by Crippen LogP contribution is -2.09. The summed E-state index contributed by atoms with van der Waals surface area (Å²) in [7, 11) is 0. The second kappa shape index (κ2) is 13.2. The molecule has 0 radical (unpaired) electrons. The predicted molar refractivity (Wildman–Crippen MR) is 124 cm³/mol. The molecular formula is C25H28F3N3O4. The number of aromatic nitrogens is 3. The Kier molecular flexibility index (Phi) is 10.3. The lowest BCUT2D eigenvalue weighted by molar-refractivity contribution is -0.137. The minimum Gasteiger partial charge on any atom is -0.487 e. The molecule has 2 heterocycles. The largest absolute Gasteiger partial charge is 0.487 e. The van der Waals surface area contributed by atoms with E-state index < -0.39 is 23.6 Å². The summed E-state index contributed by atoms with van der Waals surface area (Å²) in [5.41, 5.74) is 1.83. The molecular weight excluding hydrogens is 463 g/mol. The molecule has 0 aliphatic carbocycles. The summed E-state index contributed by atoms with van der Waals surface area (Å²) in [5.74, 6) is -0.834. The van der Waals surface area contributed by atoms with E-state index in [4.69, 9.17) is 9.26 Å². The predicted octanol–water partition coefficient (Wildman–Crippen LogP) is 6.22. The molecule has 0 aliphatic rings. The number of aliphatic carboxylic acids is 1. The van der Waals surface area contributed by atoms with Gasteiger partial charge in [-0.05, 0) is 30.7 Å². The first-order valence-electron chi connectivity index (χ1n) is 11.0. The minimum absolute atomic E-state index is 0.128. The van der Waals surface area contributed by atoms with Crippen LogP contribution >= 0.6 is 0 Å². The molecule has 2 aromatic heterocycles. The Morgan fingerprint density at radius 3 is 2.51 bits per heavy atom. The van der Waals surface area contributed by atoms with Gasteiger partial charge in [0.2, 0.25) is 0 Å². The fourth-order valence-electron chi connectivity index (χ4n) is 3.18. The molecule has 3 rings (SSSR count). The molecule has 0 unspecified atom stereocenters. The Balaban J connectivity index is 0.00000210. The molecule has 10 heteroatoms. The highest BCUT2D eigenvalue weighted by Gasteiger charge is 2.30. The van der Waals surface area contributed by atoms with Crippen molar-refractivity contribution in [2.75, 3.05) is 0 Å². The third-order valence-corrected chi connectivity index (χ3v) is 4.82. The molecule has 7 nitrogen and oxygen atoms in total. The lowest BCUT2D eigenvalue weighted by atomic mass is 9.92. The van der Waals surface area contributed by atoms with Crippen LogP contribution in [0.5, 0.6) is 5.75 Å². The Hall–Kier alpha value is -3.82. The summed E-state index contributed by atoms with van der Waals surface area (Å²) >= 11 is 0. The zero-order chi connectivity index (χ0) is 25.8. The number of nitrogens with one attached hydrogen (secondary N) is 1. The average Bonchev–Trinajstić information content (AvgIpc) is 3.52. The molecule has 1 aromatic carbocycles. The first kappa shape index (κ1) is 27.4. The van der Waals surface area contributed by atoms with Crippen LogP contribution in [0.4, 0.5) is 13.2 Å². The highest BCUT2D eigenvalue weighted by molar-refractivity contribution is 5.68. The molecule has 1 atom stereocenters. The number of carboxylic acids is 1. The van der Waals surface area contributed by atoms with E-state index in [0.717, 1.165) is 17.7 Å². The number of H-pyrrole nitrogens is 1. The quantitative estimate of drug-likeness (QED) is 0.327. The van der Waals surface area contributed by atoms with E-state index in [9.17, 15) is 23.1 Å². The van der Waals surface area contributed by atoms with Crippen LogP contribution in [-0.2, 0) is 17.8 Å². The third kappa shape index (κ3) is 8.47. The molecule has 0 aliphatic heterocycles. The number of hydrogen-bond donors (Lipinski definition) is 2. The van der Waals surface area contributed by atoms with Crippen molar-refractivity contribution in [3.63, 3.8) is 0 Å². The van der Waals surface area contributed by atoms with Gasteiger partial charge in [0.25, 0.3) is 0 Å². The number of nitrogens with zero attached hydrogens (tertiary/aromatic N) is 2. The maximum absolute atomic E-state index is 12.7. The van der Waals surface area contributed by atoms with Gasteiger partial charge in [-0.3, -0.25) is 9.89 Å². The molecule has 188 valence electrons. The van der Waals surface area contributed by atoms with Gasteiger partial charge in [0, 0.05) is 18.4 Å². The second-order valence-corrected chi connectivity index (χ2v) is 7.17. The first-order valence-corrected chi connectivity index (χ1v) is 11.0. The first-order chi connectivity index (χ1) is 16.8. The van der Waals surface area contributed by atoms with Crippen molar-refractivity contribution < 1.29 is 32.3 Å². The van der Waals surface area contributed by atoms with Gasteiger partial charge in [-0.25, -0.2) is 0 Å². The van der Waals surface area contributed by atoms with E-state index in [1.165, 1.54) is 19.3 Å². The summed E-state index contributed by atoms with van der Waals surface area (Å²) < 4.78 is 48.7. The summed E-state index contributed by atoms with van der Waals surface area (Å²) in [6, 6.07) is 10.3. The highest BCUT2D eigenvalue weighted by Crippen LogP contribution is 2.29. The third-order valence-electron chi connectivity index (χ3n) is 4.82. The average molecular weight is 492 g/mol. The number of benzene rings is 1. The molecule has 0 saturated carbocycles. The number of carbonyl (C=O) groups is 1. The molecule has 0 spiro atoms. The van der Waals surface area contributed by atoms with Crippen molar-refractivity contribution in [2.45, 2.75) is 52.3 Å². The van der Waals surface area contributed by atoms with E-state index in [1.807, 2.05) is 13.8 Å². The van der Waals surface area contributed by atoms with Gasteiger partial charge in [0.05, 0.1) is 29.1 Å². The van der Waals surface area contributed by atoms with Crippen LogP contribution in [0.15, 0.2) is 71.0 Å². The zero-order valence-corrected chi connectivity index (χ0v) is 19.7. The second-order valence-electron chi connectivity index (χ2n) is 7.17. The fraction of sp³-hybridized carbons (Fsp3) is 0.320. The smallest absolute Gasteiger partial charge is 0.416 e. The standard InChI is InChI=1S/C23H22F3N3O4.C2H6/c1-2-16(23(24,25)26)4-3-5-17-12-18(28-27-17)14-32-19-8-6-15(7-9-19)20(13-22(30)31)21-10-11-33-29-21;1-2/h2-4,6-12,20H,5,13-14H2,1H3,(H,27,28)(H,30,31);1-2H3/b4-3-,16-2+;/t20-;/m0./s1. The van der Waals surface area contributed by atoms with Crippen molar-refractivity contribution in [1.82, 2.24) is 15.4 Å². The van der Waals surface area contributed by atoms with Gasteiger partial charge in [-0.1, -0.05) is 49.4 Å². The van der Waals surface area contributed by atoms with Crippen LogP contribution < -0.4 is 4.74 Å². The number of allylic oxidation sites excluding steroid dienone is 4. The molecule has 35 heavy (non-hydrogen) atoms. The number of rotatable bonds is 10. The van der Waals surface area contributed by atoms with E-state index in [1.54, 1.807) is 36.4 Å². The van der Waals surface area contributed by atoms with E-state index in [0.29, 0.717) is 22.8 Å². The van der Waals surface area contributed by atoms with Crippen molar-refractivity contribution >= 4 is 5.97 Å². The van der Waals surface area contributed by atoms with Crippen LogP contribution in [-0.4, -0.2) is 32.6 Å². The molecule has 0 fully saturated rings. The molecule has 0 amide bonds. The highest BCUT2D eigenvalue weighted by atomic mass is 19.4. The fourth-order valence-corrected chi connectivity index (χ4v) is 3.18. The van der Waals surface area contributed by atoms with Crippen LogP contribution in [0.3, 0.4) is 0 Å². The topological polar surface area (TPSA) is 101 Å². The van der Waals surface area contributed by atoms with Crippen LogP contribution in [0.2, 0.25) is 0 Å². The van der Waals surface area contributed by atoms with Gasteiger partial charge in [0.15, 0.2) is 0 Å². The summed E-state index contributed by atoms with van der Waals surface area (Å²) in [4.78, 5) is 11.2. The van der Waals surface area contributed by atoms with E-state index >= 15 is 0 Å². The van der Waals surface area contributed by atoms with Gasteiger partial charge in [-0.2, -0.15) is 18.3 Å². The summed E-state index contributed by atoms with van der Waals surface area (Å²) in [5, 5.41) is 19.9. The summed E-state index contributed by atoms with van der Waals surface area (Å²) in [6.07, 6.45) is 0.581. The molecule has 0 saturated heterocycles. The van der Waals surface area contributed by atoms with Gasteiger partial charge in [0.1, 0.15) is 18.6 Å². The Bertz CT molecular complexity index is 1100. The minimum atomic E-state index is -4.38. The number of halogens is 3. The number of ether oxygens (including phenoxy) is 1. The number of alkyl halides is 3. The van der Waals surface area contributed by atoms with Crippen molar-refractivity contribution in [3.8, 4) is 5.75 Å². The van der Waals surface area contributed by atoms with E-state index in [-0.39, 0.29) is 19.4 Å². The maximum atomic E-state index is 12.7. The Morgan fingerprint density at radius 1 is 1.23 bits per heavy atom. The van der Waals surface area contributed by atoms with Crippen LogP contribution in [0.1, 0.15) is 55.8 Å². The van der Waals surface area contributed by atoms with Crippen molar-refractivity contribution in [3.05, 3.63) is 89.1 Å². The molecule has 0 bridgehead atoms. The van der Waals surface area contributed by atoms with Gasteiger partial charge in [-0.15, -0.1) is 0 Å². The SMILES string of the molecule is C/C=C(\C=C/Cc1cc(COc2ccc([C@H](CC(=O)O)c3ccon3)cc2)[nH]n1)C(F)(F)F.CC. The number of aromatic amines is 1. The molecule has 3 aromatic rings. The zero-order valence-electron chi connectivity index (χ0n) is 19.7. The lowest BCUT2D eigenvalue weighted by Gasteiger charge is -2.13. The summed E-state index contributed by atoms with van der Waals surface area (Å²) in [6.45, 7) is 5.52. The van der Waals surface area contributed by atoms with E-state index in [2.05, 4.69) is 15.4 Å².